The topological polar surface area (TPSA) is 177 Å². The van der Waals surface area contributed by atoms with Crippen LogP contribution in [0.5, 0.6) is 0 Å². The number of aromatic nitrogens is 2. The van der Waals surface area contributed by atoms with E-state index in [0.717, 1.165) is 12.0 Å². The molecule has 6 N–H and O–H groups in total. The van der Waals surface area contributed by atoms with Crippen molar-refractivity contribution in [2.24, 2.45) is 11.3 Å². The first-order valence-corrected chi connectivity index (χ1v) is 13.9. The van der Waals surface area contributed by atoms with Gasteiger partial charge in [-0.3, -0.25) is 19.2 Å². The third-order valence-corrected chi connectivity index (χ3v) is 7.10. The molecule has 224 valence electrons. The van der Waals surface area contributed by atoms with Crippen molar-refractivity contribution in [3.05, 3.63) is 46.0 Å². The molecule has 1 saturated heterocycles. The van der Waals surface area contributed by atoms with E-state index in [1.54, 1.807) is 44.2 Å². The van der Waals surface area contributed by atoms with Crippen LogP contribution in [-0.2, 0) is 14.4 Å². The average molecular weight is 571 g/mol. The van der Waals surface area contributed by atoms with Gasteiger partial charge in [0.05, 0.1) is 16.3 Å². The molecule has 1 aliphatic rings. The number of amides is 2. The highest BCUT2D eigenvalue weighted by Crippen LogP contribution is 2.22. The molecule has 1 aliphatic heterocycles. The number of aliphatic carboxylic acids is 1. The zero-order valence-electron chi connectivity index (χ0n) is 24.5. The van der Waals surface area contributed by atoms with E-state index in [2.05, 4.69) is 26.0 Å². The number of carbonyl (C=O) groups excluding carboxylic acids is 2. The molecule has 0 radical (unpaired) electrons. The van der Waals surface area contributed by atoms with Crippen LogP contribution in [0.25, 0.3) is 17.0 Å². The number of benzene rings is 1. The molecule has 2 amide bonds. The number of aliphatic hydroxyl groups is 1. The van der Waals surface area contributed by atoms with Crippen LogP contribution < -0.4 is 21.6 Å². The van der Waals surface area contributed by atoms with Crippen molar-refractivity contribution in [2.45, 2.75) is 78.6 Å². The summed E-state index contributed by atoms with van der Waals surface area (Å²) >= 11 is 0. The maximum Gasteiger partial charge on any atom is 0.322 e. The molecular weight excluding hydrogens is 528 g/mol. The van der Waals surface area contributed by atoms with E-state index < -0.39 is 29.6 Å². The molecule has 4 atom stereocenters. The number of aliphatic hydroxyl groups excluding tert-OH is 1. The molecular formula is C29H42N6O6. The smallest absolute Gasteiger partial charge is 0.322 e. The van der Waals surface area contributed by atoms with Crippen molar-refractivity contribution in [1.29, 1.82) is 0 Å². The third kappa shape index (κ3) is 8.44. The molecule has 3 rings (SSSR count). The maximum absolute atomic E-state index is 13.3. The minimum atomic E-state index is -0.968. The summed E-state index contributed by atoms with van der Waals surface area (Å²) in [4.78, 5) is 56.9. The van der Waals surface area contributed by atoms with Crippen LogP contribution in [0.4, 0.5) is 0 Å². The van der Waals surface area contributed by atoms with Gasteiger partial charge in [0, 0.05) is 19.1 Å². The largest absolute Gasteiger partial charge is 0.480 e. The fraction of sp³-hybridized carbons (Fsp3) is 0.552. The van der Waals surface area contributed by atoms with Crippen LogP contribution in [0.1, 0.15) is 71.9 Å². The lowest BCUT2D eigenvalue weighted by Gasteiger charge is -2.34. The highest BCUT2D eigenvalue weighted by atomic mass is 16.4. The molecule has 12 nitrogen and oxygen atoms in total. The summed E-state index contributed by atoms with van der Waals surface area (Å²) in [6.07, 6.45) is 3.86. The van der Waals surface area contributed by atoms with Crippen molar-refractivity contribution >= 4 is 34.8 Å². The van der Waals surface area contributed by atoms with Gasteiger partial charge in [-0.05, 0) is 64.2 Å². The fourth-order valence-electron chi connectivity index (χ4n) is 4.59. The summed E-state index contributed by atoms with van der Waals surface area (Å²) in [5.74, 6) is -1.55. The second-order valence-electron chi connectivity index (χ2n) is 11.7. The van der Waals surface area contributed by atoms with Crippen LogP contribution in [-0.4, -0.2) is 74.2 Å². The van der Waals surface area contributed by atoms with Gasteiger partial charge in [0.1, 0.15) is 24.0 Å². The third-order valence-electron chi connectivity index (χ3n) is 7.10. The van der Waals surface area contributed by atoms with E-state index in [4.69, 9.17) is 0 Å². The summed E-state index contributed by atoms with van der Waals surface area (Å²) in [5, 5.41) is 27.1. The second kappa shape index (κ2) is 13.4. The van der Waals surface area contributed by atoms with Crippen molar-refractivity contribution < 1.29 is 24.6 Å². The molecule has 0 bridgehead atoms. The van der Waals surface area contributed by atoms with Crippen molar-refractivity contribution in [1.82, 2.24) is 31.0 Å². The number of carboxylic acids is 1. The minimum absolute atomic E-state index is 0.173. The number of hydrogen-bond acceptors (Lipinski definition) is 8. The van der Waals surface area contributed by atoms with E-state index in [-0.39, 0.29) is 35.2 Å². The summed E-state index contributed by atoms with van der Waals surface area (Å²) in [5.41, 5.74) is 2.82. The van der Waals surface area contributed by atoms with Crippen molar-refractivity contribution in [3.8, 4) is 0 Å². The van der Waals surface area contributed by atoms with E-state index in [1.807, 2.05) is 25.8 Å². The molecule has 2 heterocycles. The Balaban J connectivity index is 1.65. The Hall–Kier alpha value is -3.61. The zero-order chi connectivity index (χ0) is 30.5. The minimum Gasteiger partial charge on any atom is -0.480 e. The van der Waals surface area contributed by atoms with Crippen LogP contribution in [0.2, 0.25) is 0 Å². The van der Waals surface area contributed by atoms with Crippen LogP contribution in [0.3, 0.4) is 0 Å². The maximum atomic E-state index is 13.3. The van der Waals surface area contributed by atoms with E-state index >= 15 is 0 Å². The van der Waals surface area contributed by atoms with E-state index in [9.17, 15) is 29.4 Å². The van der Waals surface area contributed by atoms with Crippen molar-refractivity contribution in [3.63, 3.8) is 0 Å². The highest BCUT2D eigenvalue weighted by molar-refractivity contribution is 5.91. The zero-order valence-corrected chi connectivity index (χ0v) is 24.5. The monoisotopic (exact) mass is 570 g/mol. The van der Waals surface area contributed by atoms with Gasteiger partial charge in [0.15, 0.2) is 0 Å². The van der Waals surface area contributed by atoms with Crippen LogP contribution in [0, 0.1) is 11.3 Å². The number of fused-ring (bicyclic) bond motifs is 1. The van der Waals surface area contributed by atoms with Crippen LogP contribution in [0.15, 0.2) is 29.1 Å². The Morgan fingerprint density at radius 1 is 1.20 bits per heavy atom. The predicted molar refractivity (Wildman–Crippen MR) is 156 cm³/mol. The lowest BCUT2D eigenvalue weighted by Crippen LogP contribution is -2.58. The van der Waals surface area contributed by atoms with Gasteiger partial charge in [0.2, 0.25) is 11.8 Å². The molecule has 0 spiro atoms. The number of hydrogen-bond donors (Lipinski definition) is 6. The number of nitrogens with one attached hydrogen (secondary N) is 4. The van der Waals surface area contributed by atoms with Gasteiger partial charge in [0.25, 0.3) is 5.56 Å². The molecule has 1 aromatic heterocycles. The normalized spacial score (nSPS) is 18.8. The Kier molecular flexibility index (Phi) is 10.4. The Labute approximate surface area is 239 Å². The molecule has 1 fully saturated rings. The first-order chi connectivity index (χ1) is 19.2. The van der Waals surface area contributed by atoms with Crippen LogP contribution >= 0.6 is 0 Å². The molecule has 0 unspecified atom stereocenters. The predicted octanol–water partition coefficient (Wildman–Crippen LogP) is 1.71. The van der Waals surface area contributed by atoms with Gasteiger partial charge in [-0.25, -0.2) is 15.4 Å². The summed E-state index contributed by atoms with van der Waals surface area (Å²) in [7, 11) is 0. The molecule has 0 saturated carbocycles. The lowest BCUT2D eigenvalue weighted by atomic mass is 9.89. The number of nitrogens with zero attached hydrogens (tertiary/aromatic N) is 2. The summed E-state index contributed by atoms with van der Waals surface area (Å²) in [6, 6.07) is 3.41. The molecule has 41 heavy (non-hydrogen) atoms. The average Bonchev–Trinajstić information content (AvgIpc) is 2.89. The first kappa shape index (κ1) is 31.9. The number of rotatable bonds is 11. The van der Waals surface area contributed by atoms with E-state index in [0.29, 0.717) is 30.4 Å². The molecule has 0 aliphatic carbocycles. The Bertz CT molecular complexity index is 1350. The number of hydrazine groups is 1. The number of aromatic amines is 1. The molecule has 12 heteroatoms. The standard InChI is InChI=1S/C29H42N6O6/c1-16(2)23(26(38)30-17(3)15-35-13-7-8-21(34-35)27(39)40)32-28(41)29(5,6)12-11-19-9-10-20-22(14-19)31-24(18(4)36)33-25(20)37/h9-12,14,16-18,21,23,34,36H,7-8,13,15H2,1-6H3,(H,30,38)(H,32,41)(H,39,40)(H,31,33,37)/b12-11+/t17-,18+,21-,23-/m0/s1. The molecule has 1 aromatic carbocycles. The second-order valence-corrected chi connectivity index (χ2v) is 11.7. The van der Waals surface area contributed by atoms with Gasteiger partial charge in [-0.15, -0.1) is 0 Å². The van der Waals surface area contributed by atoms with Gasteiger partial charge < -0.3 is 25.8 Å². The summed E-state index contributed by atoms with van der Waals surface area (Å²) in [6.45, 7) is 11.7. The number of H-pyrrole nitrogens is 1. The number of carbonyl (C=O) groups is 3. The summed E-state index contributed by atoms with van der Waals surface area (Å²) < 4.78 is 0. The van der Waals surface area contributed by atoms with Crippen molar-refractivity contribution in [2.75, 3.05) is 13.1 Å². The lowest BCUT2D eigenvalue weighted by molar-refractivity contribution is -0.142. The Morgan fingerprint density at radius 3 is 2.54 bits per heavy atom. The van der Waals surface area contributed by atoms with Gasteiger partial charge in [-0.1, -0.05) is 32.1 Å². The first-order valence-electron chi connectivity index (χ1n) is 13.9. The highest BCUT2D eigenvalue weighted by Gasteiger charge is 2.32. The van der Waals surface area contributed by atoms with Gasteiger partial charge >= 0.3 is 5.97 Å². The van der Waals surface area contributed by atoms with Gasteiger partial charge in [-0.2, -0.15) is 0 Å². The van der Waals surface area contributed by atoms with E-state index in [1.165, 1.54) is 6.92 Å². The molecule has 2 aromatic rings. The Morgan fingerprint density at radius 2 is 1.90 bits per heavy atom. The SMILES string of the molecule is CC(C)[C@H](NC(=O)C(C)(C)/C=C/c1ccc2c(=O)[nH]c([C@@H](C)O)nc2c1)C(=O)N[C@@H](C)CN1CCC[C@@H](C(=O)O)N1. The quantitative estimate of drug-likeness (QED) is 0.235. The number of carboxylic acid groups (broad SMARTS) is 1. The fourth-order valence-corrected chi connectivity index (χ4v) is 4.59.